The lowest BCUT2D eigenvalue weighted by Gasteiger charge is -2.23. The zero-order chi connectivity index (χ0) is 8.91. The molecule has 0 aromatic carbocycles. The summed E-state index contributed by atoms with van der Waals surface area (Å²) in [6.45, 7) is 9.72. The van der Waals surface area contributed by atoms with Gasteiger partial charge in [-0.3, -0.25) is 0 Å². The largest absolute Gasteiger partial charge is 0.329 e. The molecule has 0 rings (SSSR count). The van der Waals surface area contributed by atoms with Crippen LogP contribution in [-0.4, -0.2) is 17.0 Å². The monoisotopic (exact) mass is 175 g/mol. The van der Waals surface area contributed by atoms with Crippen molar-refractivity contribution in [1.82, 2.24) is 0 Å². The van der Waals surface area contributed by atoms with E-state index < -0.39 is 0 Å². The molecule has 1 atom stereocenters. The summed E-state index contributed by atoms with van der Waals surface area (Å²) in [5.41, 5.74) is 5.61. The Morgan fingerprint density at radius 3 is 2.36 bits per heavy atom. The molecule has 0 radical (unpaired) electrons. The van der Waals surface area contributed by atoms with Gasteiger partial charge in [-0.05, 0) is 25.5 Å². The van der Waals surface area contributed by atoms with Gasteiger partial charge in [0, 0.05) is 11.3 Å². The van der Waals surface area contributed by atoms with E-state index in [1.165, 1.54) is 12.2 Å². The van der Waals surface area contributed by atoms with E-state index in [1.807, 2.05) is 11.8 Å². The molecule has 0 aromatic rings. The fraction of sp³-hybridized carbons (Fsp3) is 1.00. The second-order valence-electron chi connectivity index (χ2n) is 3.79. The van der Waals surface area contributed by atoms with E-state index >= 15 is 0 Å². The molecule has 11 heavy (non-hydrogen) atoms. The van der Waals surface area contributed by atoms with E-state index in [1.54, 1.807) is 0 Å². The fourth-order valence-corrected chi connectivity index (χ4v) is 1.63. The standard InChI is InChI=1S/C9H21NS/c1-5-8(2)6-11-9(3,4)7-10/h8H,5-7,10H2,1-4H3. The SMILES string of the molecule is CCC(C)CSC(C)(C)CN. The predicted octanol–water partition coefficient (Wildman–Crippen LogP) is 2.50. The van der Waals surface area contributed by atoms with Gasteiger partial charge in [-0.25, -0.2) is 0 Å². The minimum atomic E-state index is 0.267. The highest BCUT2D eigenvalue weighted by molar-refractivity contribution is 8.00. The third-order valence-corrected chi connectivity index (χ3v) is 3.63. The quantitative estimate of drug-likeness (QED) is 0.695. The van der Waals surface area contributed by atoms with Crippen LogP contribution in [0.4, 0.5) is 0 Å². The molecule has 68 valence electrons. The lowest BCUT2D eigenvalue weighted by molar-refractivity contribution is 0.628. The van der Waals surface area contributed by atoms with Crippen LogP contribution in [0.15, 0.2) is 0 Å². The molecule has 0 saturated carbocycles. The summed E-state index contributed by atoms with van der Waals surface area (Å²) in [6.07, 6.45) is 1.27. The first-order chi connectivity index (χ1) is 5.02. The van der Waals surface area contributed by atoms with Crippen LogP contribution in [0.1, 0.15) is 34.1 Å². The maximum atomic E-state index is 5.61. The topological polar surface area (TPSA) is 26.0 Å². The zero-order valence-electron chi connectivity index (χ0n) is 8.18. The van der Waals surface area contributed by atoms with E-state index in [2.05, 4.69) is 27.7 Å². The minimum absolute atomic E-state index is 0.267. The van der Waals surface area contributed by atoms with Crippen molar-refractivity contribution in [2.45, 2.75) is 38.9 Å². The number of nitrogens with two attached hydrogens (primary N) is 1. The Morgan fingerprint density at radius 2 is 2.00 bits per heavy atom. The number of hydrogen-bond donors (Lipinski definition) is 1. The summed E-state index contributed by atoms with van der Waals surface area (Å²) in [5.74, 6) is 2.06. The van der Waals surface area contributed by atoms with E-state index in [0.717, 1.165) is 12.5 Å². The average Bonchev–Trinajstić information content (AvgIpc) is 2.00. The van der Waals surface area contributed by atoms with Crippen molar-refractivity contribution in [2.75, 3.05) is 12.3 Å². The molecule has 0 aliphatic rings. The summed E-state index contributed by atoms with van der Waals surface area (Å²) in [4.78, 5) is 0. The van der Waals surface area contributed by atoms with Crippen molar-refractivity contribution in [2.24, 2.45) is 11.7 Å². The molecule has 0 heterocycles. The molecular formula is C9H21NS. The van der Waals surface area contributed by atoms with Crippen LogP contribution in [0.5, 0.6) is 0 Å². The molecule has 0 aromatic heterocycles. The molecule has 1 unspecified atom stereocenters. The second-order valence-corrected chi connectivity index (χ2v) is 5.52. The third kappa shape index (κ3) is 5.57. The minimum Gasteiger partial charge on any atom is -0.329 e. The molecule has 0 saturated heterocycles. The van der Waals surface area contributed by atoms with Crippen molar-refractivity contribution < 1.29 is 0 Å². The summed E-state index contributed by atoms with van der Waals surface area (Å²) < 4.78 is 0.267. The number of hydrogen-bond acceptors (Lipinski definition) is 2. The summed E-state index contributed by atoms with van der Waals surface area (Å²) in [5, 5.41) is 0. The highest BCUT2D eigenvalue weighted by Gasteiger charge is 2.16. The second kappa shape index (κ2) is 5.04. The van der Waals surface area contributed by atoms with Crippen LogP contribution in [0, 0.1) is 5.92 Å². The van der Waals surface area contributed by atoms with E-state index in [0.29, 0.717) is 0 Å². The maximum absolute atomic E-state index is 5.61. The molecule has 0 amide bonds. The molecule has 1 nitrogen and oxygen atoms in total. The van der Waals surface area contributed by atoms with Gasteiger partial charge in [0.1, 0.15) is 0 Å². The molecule has 2 heteroatoms. The van der Waals surface area contributed by atoms with Crippen molar-refractivity contribution in [1.29, 1.82) is 0 Å². The molecule has 0 fully saturated rings. The maximum Gasteiger partial charge on any atom is 0.0226 e. The fourth-order valence-electron chi connectivity index (χ4n) is 0.545. The summed E-state index contributed by atoms with van der Waals surface area (Å²) in [7, 11) is 0. The normalized spacial score (nSPS) is 15.0. The summed E-state index contributed by atoms with van der Waals surface area (Å²) >= 11 is 1.99. The van der Waals surface area contributed by atoms with Crippen LogP contribution >= 0.6 is 11.8 Å². The summed E-state index contributed by atoms with van der Waals surface area (Å²) in [6, 6.07) is 0. The zero-order valence-corrected chi connectivity index (χ0v) is 9.00. The molecular weight excluding hydrogens is 154 g/mol. The number of thioether (sulfide) groups is 1. The Balaban J connectivity index is 3.52. The van der Waals surface area contributed by atoms with Crippen molar-refractivity contribution in [3.8, 4) is 0 Å². The third-order valence-electron chi connectivity index (χ3n) is 1.95. The highest BCUT2D eigenvalue weighted by atomic mass is 32.2. The molecule has 0 bridgehead atoms. The van der Waals surface area contributed by atoms with Crippen LogP contribution in [0.2, 0.25) is 0 Å². The average molecular weight is 175 g/mol. The van der Waals surface area contributed by atoms with Gasteiger partial charge in [0.25, 0.3) is 0 Å². The molecule has 2 N–H and O–H groups in total. The predicted molar refractivity (Wildman–Crippen MR) is 55.0 cm³/mol. The molecule has 0 spiro atoms. The Bertz CT molecular complexity index is 102. The van der Waals surface area contributed by atoms with Gasteiger partial charge in [-0.1, -0.05) is 20.3 Å². The van der Waals surface area contributed by atoms with Crippen LogP contribution < -0.4 is 5.73 Å². The smallest absolute Gasteiger partial charge is 0.0226 e. The van der Waals surface area contributed by atoms with E-state index in [9.17, 15) is 0 Å². The van der Waals surface area contributed by atoms with Crippen LogP contribution in [-0.2, 0) is 0 Å². The molecule has 0 aliphatic heterocycles. The van der Waals surface area contributed by atoms with Gasteiger partial charge in [0.2, 0.25) is 0 Å². The Morgan fingerprint density at radius 1 is 1.45 bits per heavy atom. The van der Waals surface area contributed by atoms with Gasteiger partial charge < -0.3 is 5.73 Å². The van der Waals surface area contributed by atoms with Gasteiger partial charge in [-0.15, -0.1) is 0 Å². The van der Waals surface area contributed by atoms with Crippen molar-refractivity contribution in [3.63, 3.8) is 0 Å². The Kier molecular flexibility index (Phi) is 5.19. The first kappa shape index (κ1) is 11.3. The van der Waals surface area contributed by atoms with Crippen molar-refractivity contribution >= 4 is 11.8 Å². The molecule has 0 aliphatic carbocycles. The Labute approximate surface area is 75.1 Å². The lowest BCUT2D eigenvalue weighted by Crippen LogP contribution is -2.27. The van der Waals surface area contributed by atoms with Gasteiger partial charge in [0.05, 0.1) is 0 Å². The first-order valence-corrected chi connectivity index (χ1v) is 5.34. The lowest BCUT2D eigenvalue weighted by atomic mass is 10.2. The number of rotatable bonds is 5. The Hall–Kier alpha value is 0.310. The van der Waals surface area contributed by atoms with Crippen LogP contribution in [0.25, 0.3) is 0 Å². The van der Waals surface area contributed by atoms with Crippen LogP contribution in [0.3, 0.4) is 0 Å². The van der Waals surface area contributed by atoms with Gasteiger partial charge >= 0.3 is 0 Å². The highest BCUT2D eigenvalue weighted by Crippen LogP contribution is 2.25. The van der Waals surface area contributed by atoms with Gasteiger partial charge in [0.15, 0.2) is 0 Å². The van der Waals surface area contributed by atoms with E-state index in [4.69, 9.17) is 5.73 Å². The van der Waals surface area contributed by atoms with E-state index in [-0.39, 0.29) is 4.75 Å². The van der Waals surface area contributed by atoms with Crippen molar-refractivity contribution in [3.05, 3.63) is 0 Å². The first-order valence-electron chi connectivity index (χ1n) is 4.36. The van der Waals surface area contributed by atoms with Gasteiger partial charge in [-0.2, -0.15) is 11.8 Å².